The number of carboxylic acid groups (broad SMARTS) is 1. The number of hydrogen-bond donors (Lipinski definition) is 1. The zero-order valence-corrected chi connectivity index (χ0v) is 13.4. The van der Waals surface area contributed by atoms with Gasteiger partial charge in [0.1, 0.15) is 0 Å². The van der Waals surface area contributed by atoms with Crippen molar-refractivity contribution < 1.29 is 9.90 Å². The largest absolute Gasteiger partial charge is 0.478 e. The van der Waals surface area contributed by atoms with Crippen LogP contribution in [0.1, 0.15) is 10.4 Å². The number of fused-ring (bicyclic) bond motifs is 4. The van der Waals surface area contributed by atoms with Gasteiger partial charge in [0.2, 0.25) is 0 Å². The smallest absolute Gasteiger partial charge is 0.336 e. The first-order chi connectivity index (χ1) is 12.2. The Morgan fingerprint density at radius 3 is 1.64 bits per heavy atom. The number of rotatable bonds is 1. The predicted molar refractivity (Wildman–Crippen MR) is 103 cm³/mol. The summed E-state index contributed by atoms with van der Waals surface area (Å²) in [5.41, 5.74) is 0.345. The first kappa shape index (κ1) is 14.0. The van der Waals surface area contributed by atoms with Crippen LogP contribution in [0, 0.1) is 0 Å². The van der Waals surface area contributed by atoms with Gasteiger partial charge in [0, 0.05) is 0 Å². The lowest BCUT2D eigenvalue weighted by Gasteiger charge is -2.08. The molecule has 0 heterocycles. The van der Waals surface area contributed by atoms with Crippen molar-refractivity contribution in [2.45, 2.75) is 0 Å². The quantitative estimate of drug-likeness (QED) is 0.384. The maximum absolute atomic E-state index is 11.5. The molecule has 2 heteroatoms. The Morgan fingerprint density at radius 2 is 1.04 bits per heavy atom. The van der Waals surface area contributed by atoms with Gasteiger partial charge in [0.05, 0.1) is 5.56 Å². The maximum atomic E-state index is 11.5. The van der Waals surface area contributed by atoms with Crippen molar-refractivity contribution in [1.29, 1.82) is 0 Å². The van der Waals surface area contributed by atoms with Crippen LogP contribution in [0.3, 0.4) is 0 Å². The van der Waals surface area contributed by atoms with Crippen LogP contribution in [-0.4, -0.2) is 11.1 Å². The van der Waals surface area contributed by atoms with E-state index in [1.54, 1.807) is 12.1 Å². The van der Waals surface area contributed by atoms with Crippen molar-refractivity contribution in [1.82, 2.24) is 0 Å². The lowest BCUT2D eigenvalue weighted by Crippen LogP contribution is -1.97. The SMILES string of the molecule is O=C(O)c1cccc2cc3cc4cc5ccccc5cc4cc3cc12. The van der Waals surface area contributed by atoms with Gasteiger partial charge in [-0.3, -0.25) is 0 Å². The number of aromatic carboxylic acids is 1. The zero-order chi connectivity index (χ0) is 17.0. The fourth-order valence-corrected chi connectivity index (χ4v) is 3.66. The van der Waals surface area contributed by atoms with Crippen LogP contribution in [0.5, 0.6) is 0 Å². The van der Waals surface area contributed by atoms with Crippen LogP contribution >= 0.6 is 0 Å². The van der Waals surface area contributed by atoms with E-state index in [0.717, 1.165) is 21.5 Å². The second-order valence-corrected chi connectivity index (χ2v) is 6.43. The fraction of sp³-hybridized carbons (Fsp3) is 0. The van der Waals surface area contributed by atoms with Crippen molar-refractivity contribution >= 4 is 49.1 Å². The van der Waals surface area contributed by atoms with Crippen LogP contribution in [-0.2, 0) is 0 Å². The Bertz CT molecular complexity index is 1320. The standard InChI is InChI=1S/C23H14O2/c24-23(25)21-7-3-6-16-10-19-11-17-8-14-4-1-2-5-15(14)9-18(17)12-20(19)13-22(16)21/h1-13H,(H,24,25). The van der Waals surface area contributed by atoms with Crippen LogP contribution in [0.2, 0.25) is 0 Å². The average molecular weight is 322 g/mol. The van der Waals surface area contributed by atoms with Crippen molar-refractivity contribution in [2.24, 2.45) is 0 Å². The molecule has 1 N–H and O–H groups in total. The molecule has 0 aliphatic heterocycles. The molecule has 0 radical (unpaired) electrons. The second kappa shape index (κ2) is 5.05. The van der Waals surface area contributed by atoms with Gasteiger partial charge in [-0.1, -0.05) is 36.4 Å². The van der Waals surface area contributed by atoms with E-state index in [2.05, 4.69) is 48.5 Å². The first-order valence-electron chi connectivity index (χ1n) is 8.21. The Labute approximate surface area is 143 Å². The summed E-state index contributed by atoms with van der Waals surface area (Å²) in [5, 5.41) is 18.2. The van der Waals surface area contributed by atoms with E-state index >= 15 is 0 Å². The molecule has 0 unspecified atom stereocenters. The highest BCUT2D eigenvalue weighted by Crippen LogP contribution is 2.31. The summed E-state index contributed by atoms with van der Waals surface area (Å²) in [5.74, 6) is -0.892. The van der Waals surface area contributed by atoms with Crippen LogP contribution in [0.25, 0.3) is 43.1 Å². The van der Waals surface area contributed by atoms with Gasteiger partial charge in [0.25, 0.3) is 0 Å². The molecule has 0 amide bonds. The molecule has 0 fully saturated rings. The monoisotopic (exact) mass is 322 g/mol. The van der Waals surface area contributed by atoms with Crippen LogP contribution in [0.4, 0.5) is 0 Å². The molecule has 0 aliphatic carbocycles. The molecule has 0 bridgehead atoms. The van der Waals surface area contributed by atoms with Crippen LogP contribution < -0.4 is 0 Å². The third-order valence-electron chi connectivity index (χ3n) is 4.89. The molecule has 0 aliphatic rings. The molecule has 0 spiro atoms. The minimum atomic E-state index is -0.892. The highest BCUT2D eigenvalue weighted by atomic mass is 16.4. The summed E-state index contributed by atoms with van der Waals surface area (Å²) in [6.45, 7) is 0. The van der Waals surface area contributed by atoms with Crippen LogP contribution in [0.15, 0.2) is 78.9 Å². The summed E-state index contributed by atoms with van der Waals surface area (Å²) < 4.78 is 0. The number of carbonyl (C=O) groups is 1. The molecule has 0 aromatic heterocycles. The van der Waals surface area contributed by atoms with Gasteiger partial charge in [0.15, 0.2) is 0 Å². The van der Waals surface area contributed by atoms with Gasteiger partial charge >= 0.3 is 5.97 Å². The van der Waals surface area contributed by atoms with Crippen molar-refractivity contribution in [3.63, 3.8) is 0 Å². The minimum Gasteiger partial charge on any atom is -0.478 e. The van der Waals surface area contributed by atoms with E-state index in [0.29, 0.717) is 5.56 Å². The summed E-state index contributed by atoms with van der Waals surface area (Å²) >= 11 is 0. The summed E-state index contributed by atoms with van der Waals surface area (Å²) in [6.07, 6.45) is 0. The van der Waals surface area contributed by atoms with E-state index in [1.807, 2.05) is 18.2 Å². The van der Waals surface area contributed by atoms with Gasteiger partial charge < -0.3 is 5.11 Å². The van der Waals surface area contributed by atoms with Crippen molar-refractivity contribution in [2.75, 3.05) is 0 Å². The molecule has 0 saturated heterocycles. The number of benzene rings is 5. The third kappa shape index (κ3) is 2.15. The minimum absolute atomic E-state index is 0.345. The second-order valence-electron chi connectivity index (χ2n) is 6.43. The molecule has 118 valence electrons. The van der Waals surface area contributed by atoms with E-state index < -0.39 is 5.97 Å². The molecule has 0 saturated carbocycles. The Balaban J connectivity index is 1.90. The summed E-state index contributed by atoms with van der Waals surface area (Å²) in [7, 11) is 0. The molecule has 2 nitrogen and oxygen atoms in total. The Hall–Kier alpha value is -3.39. The normalized spacial score (nSPS) is 11.5. The molecule has 5 rings (SSSR count). The highest BCUT2D eigenvalue weighted by molar-refractivity contribution is 6.11. The van der Waals surface area contributed by atoms with Crippen molar-refractivity contribution in [3.8, 4) is 0 Å². The third-order valence-corrected chi connectivity index (χ3v) is 4.89. The molecule has 25 heavy (non-hydrogen) atoms. The van der Waals surface area contributed by atoms with E-state index in [-0.39, 0.29) is 0 Å². The maximum Gasteiger partial charge on any atom is 0.336 e. The van der Waals surface area contributed by atoms with Gasteiger partial charge in [-0.25, -0.2) is 4.79 Å². The average Bonchev–Trinajstić information content (AvgIpc) is 2.62. The molecule has 5 aromatic carbocycles. The summed E-state index contributed by atoms with van der Waals surface area (Å²) in [4.78, 5) is 11.5. The predicted octanol–water partition coefficient (Wildman–Crippen LogP) is 6.00. The summed E-state index contributed by atoms with van der Waals surface area (Å²) in [6, 6.07) is 26.6. The first-order valence-corrected chi connectivity index (χ1v) is 8.21. The lowest BCUT2D eigenvalue weighted by atomic mass is 9.96. The van der Waals surface area contributed by atoms with E-state index in [9.17, 15) is 9.90 Å². The molecule has 5 aromatic rings. The molecular formula is C23H14O2. The van der Waals surface area contributed by atoms with Gasteiger partial charge in [-0.2, -0.15) is 0 Å². The van der Waals surface area contributed by atoms with Gasteiger partial charge in [-0.05, 0) is 85.6 Å². The fourth-order valence-electron chi connectivity index (χ4n) is 3.66. The number of hydrogen-bond acceptors (Lipinski definition) is 1. The molecular weight excluding hydrogens is 308 g/mol. The van der Waals surface area contributed by atoms with Crippen molar-refractivity contribution in [3.05, 3.63) is 84.4 Å². The Kier molecular flexibility index (Phi) is 2.83. The Morgan fingerprint density at radius 1 is 0.560 bits per heavy atom. The topological polar surface area (TPSA) is 37.3 Å². The van der Waals surface area contributed by atoms with E-state index in [1.165, 1.54) is 21.5 Å². The zero-order valence-electron chi connectivity index (χ0n) is 13.4. The molecule has 0 atom stereocenters. The highest BCUT2D eigenvalue weighted by Gasteiger charge is 2.09. The van der Waals surface area contributed by atoms with Gasteiger partial charge in [-0.15, -0.1) is 0 Å². The van der Waals surface area contributed by atoms with E-state index in [4.69, 9.17) is 0 Å². The number of carboxylic acids is 1. The lowest BCUT2D eigenvalue weighted by molar-refractivity contribution is 0.0699.